The molecule has 4 rings (SSSR count). The van der Waals surface area contributed by atoms with Gasteiger partial charge in [-0.15, -0.1) is 5.10 Å². The number of ether oxygens (including phenoxy) is 2. The Hall–Kier alpha value is -1.76. The highest BCUT2D eigenvalue weighted by molar-refractivity contribution is 5.57. The maximum absolute atomic E-state index is 10.6. The van der Waals surface area contributed by atoms with E-state index in [0.717, 1.165) is 17.7 Å². The lowest BCUT2D eigenvalue weighted by Gasteiger charge is -2.41. The molecule has 0 radical (unpaired) electrons. The summed E-state index contributed by atoms with van der Waals surface area (Å²) in [5.41, 5.74) is 2.93. The van der Waals surface area contributed by atoms with Gasteiger partial charge in [0.25, 0.3) is 0 Å². The fraction of sp³-hybridized carbons (Fsp3) is 0.579. The van der Waals surface area contributed by atoms with Crippen molar-refractivity contribution >= 4 is 0 Å². The first kappa shape index (κ1) is 16.7. The molecule has 2 aliphatic rings. The standard InChI is InChI=1S/C19H25N3O3/c1-13-4-6-14(7-5-13)15-10-22(21-20-15)16-8-19(9-17(16)23)11-24-18(2,3)25-12-19/h4-7,10,16-17,23H,8-9,11-12H2,1-3H3/t16-,17-/m1/s1. The van der Waals surface area contributed by atoms with Gasteiger partial charge in [-0.05, 0) is 33.6 Å². The second kappa shape index (κ2) is 5.90. The van der Waals surface area contributed by atoms with Gasteiger partial charge in [0.2, 0.25) is 0 Å². The van der Waals surface area contributed by atoms with Gasteiger partial charge in [0.05, 0.1) is 31.6 Å². The van der Waals surface area contributed by atoms with Gasteiger partial charge >= 0.3 is 0 Å². The third-order valence-corrected chi connectivity index (χ3v) is 5.38. The second-order valence-corrected chi connectivity index (χ2v) is 7.97. The van der Waals surface area contributed by atoms with Crippen LogP contribution in [0, 0.1) is 12.3 Å². The molecule has 0 bridgehead atoms. The van der Waals surface area contributed by atoms with Gasteiger partial charge in [0.15, 0.2) is 5.79 Å². The van der Waals surface area contributed by atoms with Crippen molar-refractivity contribution in [2.45, 2.75) is 51.5 Å². The molecule has 2 aromatic rings. The highest BCUT2D eigenvalue weighted by Crippen LogP contribution is 2.47. The van der Waals surface area contributed by atoms with Gasteiger partial charge in [-0.1, -0.05) is 35.0 Å². The van der Waals surface area contributed by atoms with Crippen molar-refractivity contribution in [1.82, 2.24) is 15.0 Å². The number of hydrogen-bond donors (Lipinski definition) is 1. The van der Waals surface area contributed by atoms with E-state index in [4.69, 9.17) is 9.47 Å². The molecule has 1 aromatic carbocycles. The molecule has 6 heteroatoms. The Morgan fingerprint density at radius 3 is 2.48 bits per heavy atom. The maximum Gasteiger partial charge on any atom is 0.162 e. The number of aryl methyl sites for hydroxylation is 1. The molecule has 1 saturated heterocycles. The smallest absolute Gasteiger partial charge is 0.162 e. The fourth-order valence-electron chi connectivity index (χ4n) is 3.78. The monoisotopic (exact) mass is 343 g/mol. The highest BCUT2D eigenvalue weighted by atomic mass is 16.7. The first-order chi connectivity index (χ1) is 11.9. The van der Waals surface area contributed by atoms with Crippen molar-refractivity contribution in [3.8, 4) is 11.3 Å². The van der Waals surface area contributed by atoms with E-state index in [1.165, 1.54) is 5.56 Å². The topological polar surface area (TPSA) is 69.4 Å². The van der Waals surface area contributed by atoms with Gasteiger partial charge < -0.3 is 14.6 Å². The molecule has 1 saturated carbocycles. The average Bonchev–Trinajstić information content (AvgIpc) is 3.17. The van der Waals surface area contributed by atoms with Crippen molar-refractivity contribution in [3.63, 3.8) is 0 Å². The van der Waals surface area contributed by atoms with Crippen LogP contribution in [0.2, 0.25) is 0 Å². The molecular weight excluding hydrogens is 318 g/mol. The molecule has 1 aromatic heterocycles. The van der Waals surface area contributed by atoms with Crippen LogP contribution in [0.3, 0.4) is 0 Å². The average molecular weight is 343 g/mol. The predicted molar refractivity (Wildman–Crippen MR) is 92.9 cm³/mol. The number of hydrogen-bond acceptors (Lipinski definition) is 5. The van der Waals surface area contributed by atoms with E-state index in [0.29, 0.717) is 19.6 Å². The van der Waals surface area contributed by atoms with Crippen LogP contribution in [-0.4, -0.2) is 45.2 Å². The van der Waals surface area contributed by atoms with Crippen molar-refractivity contribution in [2.75, 3.05) is 13.2 Å². The van der Waals surface area contributed by atoms with Crippen LogP contribution in [0.5, 0.6) is 0 Å². The van der Waals surface area contributed by atoms with E-state index >= 15 is 0 Å². The van der Waals surface area contributed by atoms with Gasteiger partial charge in [0.1, 0.15) is 5.69 Å². The zero-order valence-electron chi connectivity index (χ0n) is 15.0. The summed E-state index contributed by atoms with van der Waals surface area (Å²) < 4.78 is 13.5. The molecule has 2 fully saturated rings. The molecule has 25 heavy (non-hydrogen) atoms. The van der Waals surface area contributed by atoms with E-state index in [9.17, 15) is 5.11 Å². The Morgan fingerprint density at radius 2 is 1.80 bits per heavy atom. The lowest BCUT2D eigenvalue weighted by molar-refractivity contribution is -0.285. The molecule has 134 valence electrons. The van der Waals surface area contributed by atoms with Crippen LogP contribution < -0.4 is 0 Å². The van der Waals surface area contributed by atoms with E-state index in [1.54, 1.807) is 4.68 Å². The minimum atomic E-state index is -0.542. The molecule has 1 aliphatic heterocycles. The number of aliphatic hydroxyl groups excluding tert-OH is 1. The normalized spacial score (nSPS) is 27.7. The van der Waals surface area contributed by atoms with Gasteiger partial charge in [0, 0.05) is 11.0 Å². The number of rotatable bonds is 2. The van der Waals surface area contributed by atoms with Crippen LogP contribution in [0.4, 0.5) is 0 Å². The van der Waals surface area contributed by atoms with Crippen LogP contribution >= 0.6 is 0 Å². The summed E-state index contributed by atoms with van der Waals surface area (Å²) in [6, 6.07) is 8.11. The molecule has 2 atom stereocenters. The molecule has 1 aliphatic carbocycles. The second-order valence-electron chi connectivity index (χ2n) is 7.97. The molecule has 1 spiro atoms. The van der Waals surface area contributed by atoms with Crippen LogP contribution in [0.25, 0.3) is 11.3 Å². The van der Waals surface area contributed by atoms with E-state index in [2.05, 4.69) is 29.4 Å². The third kappa shape index (κ3) is 3.21. The number of benzene rings is 1. The quantitative estimate of drug-likeness (QED) is 0.908. The first-order valence-corrected chi connectivity index (χ1v) is 8.81. The highest BCUT2D eigenvalue weighted by Gasteiger charge is 2.50. The predicted octanol–water partition coefficient (Wildman–Crippen LogP) is 2.72. The minimum Gasteiger partial charge on any atom is -0.391 e. The molecule has 0 unspecified atom stereocenters. The maximum atomic E-state index is 10.6. The largest absolute Gasteiger partial charge is 0.391 e. The third-order valence-electron chi connectivity index (χ3n) is 5.38. The van der Waals surface area contributed by atoms with Crippen molar-refractivity contribution in [2.24, 2.45) is 5.41 Å². The van der Waals surface area contributed by atoms with E-state index in [1.807, 2.05) is 32.2 Å². The van der Waals surface area contributed by atoms with Gasteiger partial charge in [-0.2, -0.15) is 0 Å². The molecule has 1 N–H and O–H groups in total. The van der Waals surface area contributed by atoms with Crippen molar-refractivity contribution in [3.05, 3.63) is 36.0 Å². The first-order valence-electron chi connectivity index (χ1n) is 8.81. The fourth-order valence-corrected chi connectivity index (χ4v) is 3.78. The number of aliphatic hydroxyl groups is 1. The number of nitrogens with zero attached hydrogens (tertiary/aromatic N) is 3. The van der Waals surface area contributed by atoms with E-state index in [-0.39, 0.29) is 11.5 Å². The lowest BCUT2D eigenvalue weighted by Crippen LogP contribution is -2.45. The zero-order chi connectivity index (χ0) is 17.7. The van der Waals surface area contributed by atoms with Gasteiger partial charge in [-0.3, -0.25) is 0 Å². The van der Waals surface area contributed by atoms with E-state index < -0.39 is 11.9 Å². The summed E-state index contributed by atoms with van der Waals surface area (Å²) in [6.45, 7) is 7.12. The van der Waals surface area contributed by atoms with Crippen molar-refractivity contribution in [1.29, 1.82) is 0 Å². The molecule has 6 nitrogen and oxygen atoms in total. The van der Waals surface area contributed by atoms with Crippen molar-refractivity contribution < 1.29 is 14.6 Å². The van der Waals surface area contributed by atoms with Crippen LogP contribution in [-0.2, 0) is 9.47 Å². The minimum absolute atomic E-state index is 0.0971. The Bertz CT molecular complexity index is 744. The Labute approximate surface area is 147 Å². The summed E-state index contributed by atoms with van der Waals surface area (Å²) >= 11 is 0. The molecule has 2 heterocycles. The summed E-state index contributed by atoms with van der Waals surface area (Å²) in [4.78, 5) is 0. The summed E-state index contributed by atoms with van der Waals surface area (Å²) in [7, 11) is 0. The Morgan fingerprint density at radius 1 is 1.12 bits per heavy atom. The zero-order valence-corrected chi connectivity index (χ0v) is 15.0. The Kier molecular flexibility index (Phi) is 3.94. The SMILES string of the molecule is Cc1ccc(-c2cn([C@@H]3CC4(COC(C)(C)OC4)C[C@H]3O)nn2)cc1. The number of aromatic nitrogens is 3. The molecular formula is C19H25N3O3. The van der Waals surface area contributed by atoms with Crippen LogP contribution in [0.15, 0.2) is 30.5 Å². The van der Waals surface area contributed by atoms with Crippen LogP contribution in [0.1, 0.15) is 38.3 Å². The summed E-state index contributed by atoms with van der Waals surface area (Å²) in [5.74, 6) is -0.542. The Balaban J connectivity index is 1.52. The summed E-state index contributed by atoms with van der Waals surface area (Å²) in [6.07, 6.45) is 2.89. The lowest BCUT2D eigenvalue weighted by atomic mass is 9.87. The summed E-state index contributed by atoms with van der Waals surface area (Å²) in [5, 5.41) is 19.2. The van der Waals surface area contributed by atoms with Gasteiger partial charge in [-0.25, -0.2) is 4.68 Å². The molecule has 0 amide bonds.